The summed E-state index contributed by atoms with van der Waals surface area (Å²) in [6.45, 7) is 4.00. The number of aryl methyl sites for hydroxylation is 1. The van der Waals surface area contributed by atoms with E-state index in [2.05, 4.69) is 11.4 Å². The van der Waals surface area contributed by atoms with Gasteiger partial charge in [-0.15, -0.1) is 0 Å². The highest BCUT2D eigenvalue weighted by atomic mass is 16.2. The monoisotopic (exact) mass is 334 g/mol. The van der Waals surface area contributed by atoms with E-state index in [4.69, 9.17) is 0 Å². The molecular weight excluding hydrogens is 312 g/mol. The van der Waals surface area contributed by atoms with Crippen LogP contribution in [0, 0.1) is 12.3 Å². The van der Waals surface area contributed by atoms with E-state index in [0.717, 1.165) is 23.4 Å². The van der Waals surface area contributed by atoms with Gasteiger partial charge in [0.15, 0.2) is 0 Å². The molecule has 4 rings (SSSR count). The third kappa shape index (κ3) is 2.53. The van der Waals surface area contributed by atoms with Crippen molar-refractivity contribution in [3.8, 4) is 0 Å². The van der Waals surface area contributed by atoms with Crippen LogP contribution in [0.25, 0.3) is 0 Å². The van der Waals surface area contributed by atoms with Gasteiger partial charge in [-0.25, -0.2) is 0 Å². The lowest BCUT2D eigenvalue weighted by Crippen LogP contribution is -2.45. The van der Waals surface area contributed by atoms with Crippen molar-refractivity contribution < 1.29 is 9.59 Å². The summed E-state index contributed by atoms with van der Waals surface area (Å²) in [7, 11) is 0. The van der Waals surface area contributed by atoms with Gasteiger partial charge >= 0.3 is 0 Å². The summed E-state index contributed by atoms with van der Waals surface area (Å²) in [6, 6.07) is 15.7. The van der Waals surface area contributed by atoms with E-state index in [9.17, 15) is 9.59 Å². The molecule has 1 fully saturated rings. The number of carbonyl (C=O) groups excluding carboxylic acids is 2. The number of rotatable bonds is 3. The Hall–Kier alpha value is -2.62. The first-order chi connectivity index (χ1) is 12.0. The molecule has 2 aliphatic rings. The molecule has 1 N–H and O–H groups in total. The molecule has 1 unspecified atom stereocenters. The van der Waals surface area contributed by atoms with Crippen molar-refractivity contribution >= 4 is 23.2 Å². The minimum absolute atomic E-state index is 0.0592. The number of hydrogen-bond acceptors (Lipinski definition) is 2. The van der Waals surface area contributed by atoms with E-state index in [1.165, 1.54) is 5.56 Å². The molecule has 1 saturated carbocycles. The van der Waals surface area contributed by atoms with Gasteiger partial charge < -0.3 is 10.2 Å². The Kier molecular flexibility index (Phi) is 3.64. The van der Waals surface area contributed by atoms with Gasteiger partial charge in [-0.2, -0.15) is 0 Å². The summed E-state index contributed by atoms with van der Waals surface area (Å²) in [6.07, 6.45) is 2.08. The maximum Gasteiger partial charge on any atom is 0.242 e. The molecule has 4 heteroatoms. The van der Waals surface area contributed by atoms with Crippen LogP contribution in [0.4, 0.5) is 11.4 Å². The highest BCUT2D eigenvalue weighted by Crippen LogP contribution is 2.50. The molecule has 4 nitrogen and oxygen atoms in total. The van der Waals surface area contributed by atoms with Gasteiger partial charge in [0.25, 0.3) is 0 Å². The molecule has 0 saturated heterocycles. The molecule has 1 aliphatic heterocycles. The molecule has 2 amide bonds. The molecule has 1 aliphatic carbocycles. The third-order valence-electron chi connectivity index (χ3n) is 5.41. The number of hydrogen-bond donors (Lipinski definition) is 1. The molecule has 1 atom stereocenters. The van der Waals surface area contributed by atoms with Gasteiger partial charge in [0.05, 0.1) is 0 Å². The van der Waals surface area contributed by atoms with E-state index in [1.807, 2.05) is 61.2 Å². The minimum atomic E-state index is -0.909. The fourth-order valence-corrected chi connectivity index (χ4v) is 3.72. The lowest BCUT2D eigenvalue weighted by atomic mass is 10.0. The first-order valence-corrected chi connectivity index (χ1v) is 8.81. The quantitative estimate of drug-likeness (QED) is 0.870. The standard InChI is InChI=1S/C21H22N2O2/c1-14-7-3-5-9-17(14)22-19(24)21(11-12-21)20(25)23-15(2)13-16-8-4-6-10-18(16)23/h3-10,15H,11-13H2,1-2H3,(H,22,24). The van der Waals surface area contributed by atoms with E-state index < -0.39 is 5.41 Å². The zero-order valence-electron chi connectivity index (χ0n) is 14.6. The molecule has 128 valence electrons. The smallest absolute Gasteiger partial charge is 0.242 e. The van der Waals surface area contributed by atoms with Crippen LogP contribution in [0.5, 0.6) is 0 Å². The van der Waals surface area contributed by atoms with Crippen LogP contribution < -0.4 is 10.2 Å². The normalized spacial score (nSPS) is 20.1. The van der Waals surface area contributed by atoms with Crippen molar-refractivity contribution in [3.05, 3.63) is 59.7 Å². The highest BCUT2D eigenvalue weighted by Gasteiger charge is 2.59. The van der Waals surface area contributed by atoms with Crippen LogP contribution >= 0.6 is 0 Å². The SMILES string of the molecule is Cc1ccccc1NC(=O)C1(C(=O)N2c3ccccc3CC2C)CC1. The first-order valence-electron chi connectivity index (χ1n) is 8.81. The van der Waals surface area contributed by atoms with Gasteiger partial charge in [-0.1, -0.05) is 36.4 Å². The van der Waals surface area contributed by atoms with Crippen LogP contribution in [-0.2, 0) is 16.0 Å². The molecular formula is C21H22N2O2. The third-order valence-corrected chi connectivity index (χ3v) is 5.41. The molecule has 2 aromatic rings. The van der Waals surface area contributed by atoms with Crippen molar-refractivity contribution in [2.75, 3.05) is 10.2 Å². The molecule has 0 radical (unpaired) electrons. The lowest BCUT2D eigenvalue weighted by molar-refractivity contribution is -0.132. The number of para-hydroxylation sites is 2. The van der Waals surface area contributed by atoms with Crippen molar-refractivity contribution in [2.24, 2.45) is 5.41 Å². The maximum absolute atomic E-state index is 13.3. The second-order valence-corrected chi connectivity index (χ2v) is 7.21. The van der Waals surface area contributed by atoms with E-state index in [0.29, 0.717) is 12.8 Å². The van der Waals surface area contributed by atoms with Gasteiger partial charge in [-0.05, 0) is 56.4 Å². The molecule has 2 aromatic carbocycles. The summed E-state index contributed by atoms with van der Waals surface area (Å²) in [5.74, 6) is -0.237. The molecule has 25 heavy (non-hydrogen) atoms. The zero-order chi connectivity index (χ0) is 17.6. The molecule has 0 aromatic heterocycles. The topological polar surface area (TPSA) is 49.4 Å². The van der Waals surface area contributed by atoms with Gasteiger partial charge in [-0.3, -0.25) is 9.59 Å². The van der Waals surface area contributed by atoms with Crippen molar-refractivity contribution in [3.63, 3.8) is 0 Å². The Morgan fingerprint density at radius 3 is 2.48 bits per heavy atom. The minimum Gasteiger partial charge on any atom is -0.325 e. The highest BCUT2D eigenvalue weighted by molar-refractivity contribution is 6.18. The Bertz CT molecular complexity index is 854. The van der Waals surface area contributed by atoms with Crippen LogP contribution in [0.3, 0.4) is 0 Å². The zero-order valence-corrected chi connectivity index (χ0v) is 14.6. The van der Waals surface area contributed by atoms with E-state index in [-0.39, 0.29) is 17.9 Å². The fraction of sp³-hybridized carbons (Fsp3) is 0.333. The van der Waals surface area contributed by atoms with Crippen molar-refractivity contribution in [2.45, 2.75) is 39.2 Å². The number of fused-ring (bicyclic) bond motifs is 1. The van der Waals surface area contributed by atoms with Crippen LogP contribution in [0.1, 0.15) is 30.9 Å². The molecule has 0 spiro atoms. The molecule has 0 bridgehead atoms. The summed E-state index contributed by atoms with van der Waals surface area (Å²) in [5.41, 5.74) is 3.00. The number of benzene rings is 2. The van der Waals surface area contributed by atoms with Crippen molar-refractivity contribution in [1.82, 2.24) is 0 Å². The number of amides is 2. The van der Waals surface area contributed by atoms with Gasteiger partial charge in [0.1, 0.15) is 5.41 Å². The van der Waals surface area contributed by atoms with E-state index in [1.54, 1.807) is 0 Å². The number of nitrogens with zero attached hydrogens (tertiary/aromatic N) is 1. The van der Waals surface area contributed by atoms with Crippen LogP contribution in [0.2, 0.25) is 0 Å². The average molecular weight is 334 g/mol. The number of anilines is 2. The Balaban J connectivity index is 1.60. The predicted molar refractivity (Wildman–Crippen MR) is 98.6 cm³/mol. The van der Waals surface area contributed by atoms with Gasteiger partial charge in [0.2, 0.25) is 11.8 Å². The Labute approximate surface area is 147 Å². The summed E-state index contributed by atoms with van der Waals surface area (Å²) in [5, 5.41) is 2.97. The molecule has 1 heterocycles. The average Bonchev–Trinajstić information content (AvgIpc) is 3.34. The largest absolute Gasteiger partial charge is 0.325 e. The Morgan fingerprint density at radius 2 is 1.76 bits per heavy atom. The van der Waals surface area contributed by atoms with Crippen LogP contribution in [-0.4, -0.2) is 17.9 Å². The number of nitrogens with one attached hydrogen (secondary N) is 1. The lowest BCUT2D eigenvalue weighted by Gasteiger charge is -2.27. The van der Waals surface area contributed by atoms with Crippen LogP contribution in [0.15, 0.2) is 48.5 Å². The van der Waals surface area contributed by atoms with E-state index >= 15 is 0 Å². The predicted octanol–water partition coefficient (Wildman–Crippen LogP) is 3.69. The fourth-order valence-electron chi connectivity index (χ4n) is 3.72. The summed E-state index contributed by atoms with van der Waals surface area (Å²) in [4.78, 5) is 28.0. The second-order valence-electron chi connectivity index (χ2n) is 7.21. The maximum atomic E-state index is 13.3. The first kappa shape index (κ1) is 15.9. The van der Waals surface area contributed by atoms with Gasteiger partial charge in [0, 0.05) is 17.4 Å². The number of carbonyl (C=O) groups is 2. The summed E-state index contributed by atoms with van der Waals surface area (Å²) >= 11 is 0. The summed E-state index contributed by atoms with van der Waals surface area (Å²) < 4.78 is 0. The van der Waals surface area contributed by atoms with Crippen molar-refractivity contribution in [1.29, 1.82) is 0 Å². The Morgan fingerprint density at radius 1 is 1.08 bits per heavy atom. The second kappa shape index (κ2) is 5.73.